The summed E-state index contributed by atoms with van der Waals surface area (Å²) >= 11 is -1.17. The van der Waals surface area contributed by atoms with Crippen LogP contribution in [0.5, 0.6) is 0 Å². The first-order chi connectivity index (χ1) is 2.83. The maximum Gasteiger partial charge on any atom is 1.00 e. The normalized spacial score (nSPS) is 4.29. The van der Waals surface area contributed by atoms with Crippen LogP contribution < -0.4 is 38.9 Å². The Morgan fingerprint density at radius 1 is 1.29 bits per heavy atom. The number of hydrogen-bond donors (Lipinski definition) is 0. The van der Waals surface area contributed by atoms with E-state index in [-0.39, 0.29) is 29.6 Å². The molecule has 0 aliphatic carbocycles. The van der Waals surface area contributed by atoms with Crippen molar-refractivity contribution >= 4 is 11.6 Å². The van der Waals surface area contributed by atoms with Gasteiger partial charge in [-0.25, -0.2) is 0 Å². The summed E-state index contributed by atoms with van der Waals surface area (Å²) in [5, 5.41) is 0. The van der Waals surface area contributed by atoms with Crippen LogP contribution in [-0.4, -0.2) is 8.42 Å². The van der Waals surface area contributed by atoms with E-state index in [0.29, 0.717) is 0 Å². The first-order valence-electron chi connectivity index (χ1n) is 0.642. The second-order valence-corrected chi connectivity index (χ2v) is 0.393. The predicted octanol–water partition coefficient (Wildman–Crippen LogP) is -6.04. The molecule has 0 radical (unpaired) electrons. The van der Waals surface area contributed by atoms with E-state index in [2.05, 4.69) is 0 Å². The first kappa shape index (κ1) is 15.7. The number of rotatable bonds is 0. The van der Waals surface area contributed by atoms with E-state index in [0.717, 1.165) is 0 Å². The molecule has 0 aliphatic heterocycles. The fourth-order valence-corrected chi connectivity index (χ4v) is 0. The molecule has 7 heavy (non-hydrogen) atoms. The summed E-state index contributed by atoms with van der Waals surface area (Å²) in [5.41, 5.74) is 0. The van der Waals surface area contributed by atoms with Crippen molar-refractivity contribution in [2.75, 3.05) is 0 Å². The molecular weight excluding hydrogens is 155 g/mol. The SMILES string of the molecule is O=S=O.[Na+].[O-][Cl+][O-]. The van der Waals surface area contributed by atoms with Crippen molar-refractivity contribution in [2.24, 2.45) is 0 Å². The van der Waals surface area contributed by atoms with Gasteiger partial charge in [0.25, 0.3) is 0 Å². The monoisotopic (exact) mass is 154 g/mol. The molecule has 0 unspecified atom stereocenters. The number of halogens is 1. The summed E-state index contributed by atoms with van der Waals surface area (Å²) in [6.07, 6.45) is 0. The van der Waals surface area contributed by atoms with E-state index >= 15 is 0 Å². The van der Waals surface area contributed by atoms with E-state index in [4.69, 9.17) is 17.7 Å². The third kappa shape index (κ3) is 168. The van der Waals surface area contributed by atoms with Crippen LogP contribution in [-0.2, 0) is 11.6 Å². The van der Waals surface area contributed by atoms with Crippen LogP contribution in [0, 0.1) is 11.3 Å². The zero-order valence-corrected chi connectivity index (χ0v) is 6.99. The minimum absolute atomic E-state index is 0. The fraction of sp³-hybridized carbons (Fsp3) is 0. The topological polar surface area (TPSA) is 80.3 Å². The quantitative estimate of drug-likeness (QED) is 0.325. The van der Waals surface area contributed by atoms with Gasteiger partial charge < -0.3 is 9.32 Å². The van der Waals surface area contributed by atoms with E-state index in [9.17, 15) is 0 Å². The maximum atomic E-state index is 8.29. The van der Waals surface area contributed by atoms with Crippen LogP contribution in [0.3, 0.4) is 0 Å². The van der Waals surface area contributed by atoms with Gasteiger partial charge in [0.05, 0.1) is 11.3 Å². The minimum Gasteiger partial charge on any atom is -0.544 e. The van der Waals surface area contributed by atoms with E-state index < -0.39 is 22.9 Å². The molecule has 7 heteroatoms. The van der Waals surface area contributed by atoms with Crippen molar-refractivity contribution in [2.45, 2.75) is 0 Å². The zero-order chi connectivity index (χ0) is 5.41. The Morgan fingerprint density at radius 3 is 1.29 bits per heavy atom. The van der Waals surface area contributed by atoms with Gasteiger partial charge in [-0.1, -0.05) is 0 Å². The molecule has 0 saturated heterocycles. The van der Waals surface area contributed by atoms with Crippen molar-refractivity contribution in [3.8, 4) is 0 Å². The minimum atomic E-state index is -0.750. The van der Waals surface area contributed by atoms with Gasteiger partial charge in [-0.3, -0.25) is 0 Å². The second kappa shape index (κ2) is 27.8. The van der Waals surface area contributed by atoms with Gasteiger partial charge in [-0.2, -0.15) is 8.42 Å². The fourth-order valence-electron chi connectivity index (χ4n) is 0. The molecule has 0 heterocycles. The van der Waals surface area contributed by atoms with Gasteiger partial charge >= 0.3 is 41.1 Å². The molecule has 0 aromatic heterocycles. The Hall–Kier alpha value is 1.03. The maximum absolute atomic E-state index is 8.29. The van der Waals surface area contributed by atoms with Crippen molar-refractivity contribution in [1.29, 1.82) is 0 Å². The zero-order valence-electron chi connectivity index (χ0n) is 3.42. The predicted molar refractivity (Wildman–Crippen MR) is 8.92 cm³/mol. The van der Waals surface area contributed by atoms with Crippen LogP contribution in [0.15, 0.2) is 0 Å². The molecular formula is ClNaO4S. The third-order valence-corrected chi connectivity index (χ3v) is 0. The Balaban J connectivity index is -0.0000000400. The largest absolute Gasteiger partial charge is 1.00 e. The van der Waals surface area contributed by atoms with Gasteiger partial charge in [-0.05, 0) is 0 Å². The Bertz CT molecular complexity index is 41.0. The van der Waals surface area contributed by atoms with Crippen molar-refractivity contribution < 1.29 is 58.6 Å². The van der Waals surface area contributed by atoms with Crippen molar-refractivity contribution in [3.05, 3.63) is 0 Å². The third-order valence-electron chi connectivity index (χ3n) is 0. The molecule has 0 aliphatic rings. The summed E-state index contributed by atoms with van der Waals surface area (Å²) < 4.78 is 33.1. The van der Waals surface area contributed by atoms with Crippen molar-refractivity contribution in [3.63, 3.8) is 0 Å². The van der Waals surface area contributed by atoms with Crippen LogP contribution in [0.25, 0.3) is 0 Å². The average Bonchev–Trinajstić information content (AvgIpc) is 1.39. The molecule has 0 spiro atoms. The summed E-state index contributed by atoms with van der Waals surface area (Å²) in [4.78, 5) is 0. The van der Waals surface area contributed by atoms with Crippen LogP contribution in [0.4, 0.5) is 0 Å². The van der Waals surface area contributed by atoms with Crippen LogP contribution >= 0.6 is 0 Å². The molecule has 0 aromatic rings. The van der Waals surface area contributed by atoms with Gasteiger partial charge in [0.2, 0.25) is 0 Å². The average molecular weight is 155 g/mol. The van der Waals surface area contributed by atoms with Gasteiger partial charge in [-0.15, -0.1) is 0 Å². The van der Waals surface area contributed by atoms with Crippen molar-refractivity contribution in [1.82, 2.24) is 0 Å². The van der Waals surface area contributed by atoms with Crippen LogP contribution in [0.1, 0.15) is 0 Å². The van der Waals surface area contributed by atoms with Crippen LogP contribution in [0.2, 0.25) is 0 Å². The van der Waals surface area contributed by atoms with E-state index in [1.54, 1.807) is 0 Å². The van der Waals surface area contributed by atoms with E-state index in [1.165, 1.54) is 0 Å². The van der Waals surface area contributed by atoms with E-state index in [1.807, 2.05) is 0 Å². The molecule has 0 atom stereocenters. The molecule has 0 rings (SSSR count). The molecule has 0 bridgehead atoms. The Morgan fingerprint density at radius 2 is 1.29 bits per heavy atom. The standard InChI is InChI=1S/ClO2.Na.O2S/c2-1-3;;1-3-2/q-1;+1;. The van der Waals surface area contributed by atoms with Gasteiger partial charge in [0.15, 0.2) is 0 Å². The molecule has 0 fully saturated rings. The summed E-state index contributed by atoms with van der Waals surface area (Å²) in [6, 6.07) is 0. The molecule has 38 valence electrons. The molecule has 4 nitrogen and oxygen atoms in total. The van der Waals surface area contributed by atoms with Gasteiger partial charge in [0.1, 0.15) is 0 Å². The molecule has 0 amide bonds. The second-order valence-electron chi connectivity index (χ2n) is 0.131. The molecule has 0 saturated carbocycles. The summed E-state index contributed by atoms with van der Waals surface area (Å²) in [6.45, 7) is 0. The Kier molecular flexibility index (Phi) is 62.4. The molecule has 0 aromatic carbocycles. The van der Waals surface area contributed by atoms with Gasteiger partial charge in [0, 0.05) is 0 Å². The number of hydrogen-bond acceptors (Lipinski definition) is 4. The molecule has 0 N–H and O–H groups in total. The Labute approximate surface area is 69.9 Å². The summed E-state index contributed by atoms with van der Waals surface area (Å²) in [5.74, 6) is 0. The summed E-state index contributed by atoms with van der Waals surface area (Å²) in [7, 11) is 0. The first-order valence-corrected chi connectivity index (χ1v) is 1.93. The smallest absolute Gasteiger partial charge is 0.544 e.